The number of rotatable bonds is 4. The van der Waals surface area contributed by atoms with Crippen LogP contribution in [0.2, 0.25) is 0 Å². The fourth-order valence-electron chi connectivity index (χ4n) is 3.60. The summed E-state index contributed by atoms with van der Waals surface area (Å²) in [5.74, 6) is 0.0101. The van der Waals surface area contributed by atoms with E-state index in [1.807, 2.05) is 47.4 Å². The lowest BCUT2D eigenvalue weighted by atomic mass is 9.89. The number of anilines is 1. The molecule has 1 aromatic heterocycles. The highest BCUT2D eigenvalue weighted by Crippen LogP contribution is 2.25. The lowest BCUT2D eigenvalue weighted by Crippen LogP contribution is -2.39. The molecule has 0 bridgehead atoms. The van der Waals surface area contributed by atoms with Crippen LogP contribution in [0.1, 0.15) is 33.7 Å². The van der Waals surface area contributed by atoms with Crippen molar-refractivity contribution in [3.05, 3.63) is 66.1 Å². The molecule has 2 aromatic carbocycles. The molecule has 1 amide bonds. The number of piperidine rings is 1. The van der Waals surface area contributed by atoms with Gasteiger partial charge in [-0.1, -0.05) is 36.4 Å². The van der Waals surface area contributed by atoms with Gasteiger partial charge < -0.3 is 10.6 Å². The topological polar surface area (TPSA) is 89.2 Å². The fourth-order valence-corrected chi connectivity index (χ4v) is 3.60. The molecule has 0 radical (unpaired) electrons. The van der Waals surface area contributed by atoms with Crippen LogP contribution in [0, 0.1) is 5.92 Å². The van der Waals surface area contributed by atoms with Crippen LogP contribution in [-0.2, 0) is 0 Å². The lowest BCUT2D eigenvalue weighted by molar-refractivity contribution is 0.0906. The third-order valence-electron chi connectivity index (χ3n) is 5.02. The number of hydrogen-bond donors (Lipinski definition) is 1. The molecule has 2 N–H and O–H groups in total. The second-order valence-corrected chi connectivity index (χ2v) is 6.84. The van der Waals surface area contributed by atoms with E-state index in [1.165, 1.54) is 6.20 Å². The second-order valence-electron chi connectivity index (χ2n) is 6.84. The summed E-state index contributed by atoms with van der Waals surface area (Å²) in [5.41, 5.74) is 6.16. The SMILES string of the molecule is NC(=O)c1cncc(N2CCC[C@H](C(=O)c3ccc4ccccc4c3)C2)n1. The summed E-state index contributed by atoms with van der Waals surface area (Å²) in [7, 11) is 0. The van der Waals surface area contributed by atoms with Crippen molar-refractivity contribution >= 4 is 28.3 Å². The monoisotopic (exact) mass is 360 g/mol. The summed E-state index contributed by atoms with van der Waals surface area (Å²) in [6.45, 7) is 1.33. The number of ketones is 1. The van der Waals surface area contributed by atoms with E-state index in [4.69, 9.17) is 5.73 Å². The number of nitrogens with zero attached hydrogens (tertiary/aromatic N) is 3. The maximum Gasteiger partial charge on any atom is 0.268 e. The van der Waals surface area contributed by atoms with Crippen molar-refractivity contribution in [3.63, 3.8) is 0 Å². The Morgan fingerprint density at radius 1 is 1.07 bits per heavy atom. The number of carbonyl (C=O) groups excluding carboxylic acids is 2. The molecule has 4 rings (SSSR count). The first-order chi connectivity index (χ1) is 13.1. The smallest absolute Gasteiger partial charge is 0.268 e. The Hall–Kier alpha value is -3.28. The molecule has 1 atom stereocenters. The van der Waals surface area contributed by atoms with Crippen molar-refractivity contribution in [2.75, 3.05) is 18.0 Å². The van der Waals surface area contributed by atoms with Crippen LogP contribution in [0.25, 0.3) is 10.8 Å². The first-order valence-electron chi connectivity index (χ1n) is 9.01. The minimum Gasteiger partial charge on any atom is -0.364 e. The number of carbonyl (C=O) groups is 2. The fraction of sp³-hybridized carbons (Fsp3) is 0.238. The van der Waals surface area contributed by atoms with E-state index in [2.05, 4.69) is 9.97 Å². The Labute approximate surface area is 157 Å². The number of nitrogens with two attached hydrogens (primary N) is 1. The highest BCUT2D eigenvalue weighted by atomic mass is 16.1. The number of fused-ring (bicyclic) bond motifs is 1. The number of amides is 1. The van der Waals surface area contributed by atoms with Crippen LogP contribution in [0.5, 0.6) is 0 Å². The van der Waals surface area contributed by atoms with Crippen LogP contribution in [0.15, 0.2) is 54.9 Å². The van der Waals surface area contributed by atoms with Crippen LogP contribution < -0.4 is 10.6 Å². The molecule has 0 aliphatic carbocycles. The van der Waals surface area contributed by atoms with Crippen molar-refractivity contribution in [2.45, 2.75) is 12.8 Å². The molecule has 1 fully saturated rings. The Balaban J connectivity index is 1.56. The zero-order valence-corrected chi connectivity index (χ0v) is 14.8. The van der Waals surface area contributed by atoms with Crippen LogP contribution >= 0.6 is 0 Å². The molecular weight excluding hydrogens is 340 g/mol. The van der Waals surface area contributed by atoms with E-state index in [-0.39, 0.29) is 17.4 Å². The predicted octanol–water partition coefficient (Wildman–Crippen LogP) is 2.83. The zero-order valence-electron chi connectivity index (χ0n) is 14.8. The first-order valence-corrected chi connectivity index (χ1v) is 9.01. The number of hydrogen-bond acceptors (Lipinski definition) is 5. The number of benzene rings is 2. The standard InChI is InChI=1S/C21H20N4O2/c22-21(27)18-11-23-12-19(24-18)25-9-3-6-17(13-25)20(26)16-8-7-14-4-1-2-5-15(14)10-16/h1-2,4-5,7-8,10-12,17H,3,6,9,13H2,(H2,22,27)/t17-/m0/s1. The van der Waals surface area contributed by atoms with Gasteiger partial charge in [0.05, 0.1) is 12.4 Å². The largest absolute Gasteiger partial charge is 0.364 e. The van der Waals surface area contributed by atoms with Gasteiger partial charge in [0, 0.05) is 24.6 Å². The van der Waals surface area contributed by atoms with Gasteiger partial charge in [0.1, 0.15) is 11.5 Å². The summed E-state index contributed by atoms with van der Waals surface area (Å²) in [6.07, 6.45) is 4.68. The maximum atomic E-state index is 13.1. The van der Waals surface area contributed by atoms with Gasteiger partial charge in [-0.15, -0.1) is 0 Å². The third-order valence-corrected chi connectivity index (χ3v) is 5.02. The van der Waals surface area contributed by atoms with Crippen LogP contribution in [-0.4, -0.2) is 34.7 Å². The normalized spacial score (nSPS) is 17.0. The van der Waals surface area contributed by atoms with Crippen molar-refractivity contribution in [2.24, 2.45) is 11.7 Å². The molecule has 0 spiro atoms. The first kappa shape index (κ1) is 17.1. The summed E-state index contributed by atoms with van der Waals surface area (Å²) in [6, 6.07) is 13.9. The van der Waals surface area contributed by atoms with Crippen molar-refractivity contribution in [1.29, 1.82) is 0 Å². The minimum absolute atomic E-state index is 0.112. The molecule has 6 heteroatoms. The van der Waals surface area contributed by atoms with Crippen LogP contribution in [0.3, 0.4) is 0 Å². The summed E-state index contributed by atoms with van der Waals surface area (Å²) in [5, 5.41) is 2.19. The summed E-state index contributed by atoms with van der Waals surface area (Å²) in [4.78, 5) is 34.7. The molecule has 0 saturated carbocycles. The Kier molecular flexibility index (Phi) is 4.54. The number of Topliss-reactive ketones (excluding diaryl/α,β-unsaturated/α-hetero) is 1. The highest BCUT2D eigenvalue weighted by Gasteiger charge is 2.27. The lowest BCUT2D eigenvalue weighted by Gasteiger charge is -2.32. The summed E-state index contributed by atoms with van der Waals surface area (Å²) >= 11 is 0. The van der Waals surface area contributed by atoms with Gasteiger partial charge in [0.25, 0.3) is 5.91 Å². The molecule has 1 aliphatic rings. The Morgan fingerprint density at radius 3 is 2.70 bits per heavy atom. The van der Waals surface area contributed by atoms with Crippen LogP contribution in [0.4, 0.5) is 5.82 Å². The van der Waals surface area contributed by atoms with Crippen molar-refractivity contribution < 1.29 is 9.59 Å². The van der Waals surface area contributed by atoms with E-state index in [1.54, 1.807) is 6.20 Å². The molecular formula is C21H20N4O2. The molecule has 136 valence electrons. The van der Waals surface area contributed by atoms with E-state index < -0.39 is 5.91 Å². The molecule has 0 unspecified atom stereocenters. The van der Waals surface area contributed by atoms with Crippen molar-refractivity contribution in [3.8, 4) is 0 Å². The molecule has 3 aromatic rings. The zero-order chi connectivity index (χ0) is 18.8. The third kappa shape index (κ3) is 3.51. The van der Waals surface area contributed by atoms with Gasteiger partial charge in [-0.2, -0.15) is 0 Å². The summed E-state index contributed by atoms with van der Waals surface area (Å²) < 4.78 is 0. The minimum atomic E-state index is -0.606. The molecule has 1 saturated heterocycles. The molecule has 1 aliphatic heterocycles. The number of primary amides is 1. The average molecular weight is 360 g/mol. The molecule has 6 nitrogen and oxygen atoms in total. The average Bonchev–Trinajstić information content (AvgIpc) is 2.73. The van der Waals surface area contributed by atoms with Gasteiger partial charge in [-0.3, -0.25) is 14.6 Å². The second kappa shape index (κ2) is 7.15. The quantitative estimate of drug-likeness (QED) is 0.723. The number of aromatic nitrogens is 2. The Morgan fingerprint density at radius 2 is 1.89 bits per heavy atom. The van der Waals surface area contributed by atoms with E-state index in [0.29, 0.717) is 12.4 Å². The van der Waals surface area contributed by atoms with Gasteiger partial charge >= 0.3 is 0 Å². The van der Waals surface area contributed by atoms with Gasteiger partial charge in [-0.25, -0.2) is 4.98 Å². The maximum absolute atomic E-state index is 13.1. The highest BCUT2D eigenvalue weighted by molar-refractivity contribution is 6.01. The van der Waals surface area contributed by atoms with Crippen molar-refractivity contribution in [1.82, 2.24) is 9.97 Å². The molecule has 27 heavy (non-hydrogen) atoms. The van der Waals surface area contributed by atoms with E-state index in [9.17, 15) is 9.59 Å². The predicted molar refractivity (Wildman–Crippen MR) is 104 cm³/mol. The van der Waals surface area contributed by atoms with Gasteiger partial charge in [-0.05, 0) is 29.7 Å². The van der Waals surface area contributed by atoms with Gasteiger partial charge in [0.15, 0.2) is 5.78 Å². The Bertz CT molecular complexity index is 1020. The van der Waals surface area contributed by atoms with E-state index >= 15 is 0 Å². The molecule has 2 heterocycles. The van der Waals surface area contributed by atoms with Gasteiger partial charge in [0.2, 0.25) is 0 Å². The van der Waals surface area contributed by atoms with E-state index in [0.717, 1.165) is 35.7 Å².